The number of hydrogen-bond acceptors (Lipinski definition) is 3. The van der Waals surface area contributed by atoms with Crippen LogP contribution in [0.15, 0.2) is 24.3 Å². The van der Waals surface area contributed by atoms with E-state index in [0.717, 1.165) is 42.1 Å². The summed E-state index contributed by atoms with van der Waals surface area (Å²) in [5.74, 6) is 2.29. The van der Waals surface area contributed by atoms with Gasteiger partial charge in [-0.15, -0.1) is 0 Å². The fourth-order valence-corrected chi connectivity index (χ4v) is 4.29. The first kappa shape index (κ1) is 14.4. The van der Waals surface area contributed by atoms with Crippen LogP contribution in [0.25, 0.3) is 0 Å². The summed E-state index contributed by atoms with van der Waals surface area (Å²) in [7, 11) is 0. The third-order valence-corrected chi connectivity index (χ3v) is 5.11. The minimum atomic E-state index is -0.248. The maximum Gasteiger partial charge on any atom is 0.231 e. The molecule has 4 N–H and O–H groups in total. The van der Waals surface area contributed by atoms with Gasteiger partial charge in [0.2, 0.25) is 5.91 Å². The third-order valence-electron chi connectivity index (χ3n) is 5.11. The molecule has 3 unspecified atom stereocenters. The van der Waals surface area contributed by atoms with Crippen molar-refractivity contribution < 1.29 is 4.79 Å². The minimum absolute atomic E-state index is 0.248. The Bertz CT molecular complexity index is 517. The fourth-order valence-electron chi connectivity index (χ4n) is 4.29. The van der Waals surface area contributed by atoms with Crippen molar-refractivity contribution in [1.29, 1.82) is 0 Å². The van der Waals surface area contributed by atoms with E-state index in [1.807, 2.05) is 18.2 Å². The predicted molar refractivity (Wildman–Crippen MR) is 84.3 cm³/mol. The lowest BCUT2D eigenvalue weighted by Gasteiger charge is -2.29. The van der Waals surface area contributed by atoms with Crippen LogP contribution in [0.2, 0.25) is 0 Å². The summed E-state index contributed by atoms with van der Waals surface area (Å²) in [5.41, 5.74) is 13.2. The van der Waals surface area contributed by atoms with Crippen molar-refractivity contribution in [2.45, 2.75) is 32.2 Å². The molecule has 0 heterocycles. The summed E-state index contributed by atoms with van der Waals surface area (Å²) >= 11 is 0. The van der Waals surface area contributed by atoms with E-state index in [0.29, 0.717) is 6.54 Å². The van der Waals surface area contributed by atoms with E-state index < -0.39 is 0 Å². The fraction of sp³-hybridized carbons (Fsp3) is 0.588. The van der Waals surface area contributed by atoms with E-state index in [1.165, 1.54) is 25.7 Å². The number of nitrogen functional groups attached to an aromatic ring is 1. The first-order valence-electron chi connectivity index (χ1n) is 7.95. The Morgan fingerprint density at radius 1 is 1.29 bits per heavy atom. The van der Waals surface area contributed by atoms with Gasteiger partial charge in [0.05, 0.1) is 6.54 Å². The Kier molecular flexibility index (Phi) is 4.15. The van der Waals surface area contributed by atoms with Crippen LogP contribution in [0.4, 0.5) is 5.69 Å². The van der Waals surface area contributed by atoms with Gasteiger partial charge < -0.3 is 11.5 Å². The van der Waals surface area contributed by atoms with Crippen molar-refractivity contribution >= 4 is 11.6 Å². The van der Waals surface area contributed by atoms with Gasteiger partial charge in [-0.25, -0.2) is 0 Å². The Morgan fingerprint density at radius 3 is 2.76 bits per heavy atom. The highest BCUT2D eigenvalue weighted by molar-refractivity contribution is 5.75. The topological polar surface area (TPSA) is 72.4 Å². The molecule has 21 heavy (non-hydrogen) atoms. The molecule has 2 saturated carbocycles. The van der Waals surface area contributed by atoms with E-state index in [1.54, 1.807) is 0 Å². The highest BCUT2D eigenvalue weighted by Gasteiger charge is 2.39. The monoisotopic (exact) mass is 287 g/mol. The van der Waals surface area contributed by atoms with Crippen LogP contribution >= 0.6 is 0 Å². The maximum atomic E-state index is 11.4. The Balaban J connectivity index is 1.64. The molecule has 3 atom stereocenters. The molecule has 0 saturated heterocycles. The zero-order chi connectivity index (χ0) is 14.8. The summed E-state index contributed by atoms with van der Waals surface area (Å²) in [4.78, 5) is 13.6. The summed E-state index contributed by atoms with van der Waals surface area (Å²) in [5, 5.41) is 0. The predicted octanol–water partition coefficient (Wildman–Crippen LogP) is 1.99. The Morgan fingerprint density at radius 2 is 2.14 bits per heavy atom. The number of nitrogens with zero attached hydrogens (tertiary/aromatic N) is 1. The van der Waals surface area contributed by atoms with Crippen LogP contribution in [0.5, 0.6) is 0 Å². The standard InChI is InChI=1S/C17H25N3O/c18-16-3-1-2-13(8-16)9-20(11-17(19)21)10-15-7-12-4-5-14(15)6-12/h1-3,8,12,14-15H,4-7,9-11,18H2,(H2,19,21). The molecular weight excluding hydrogens is 262 g/mol. The van der Waals surface area contributed by atoms with Gasteiger partial charge in [-0.1, -0.05) is 18.6 Å². The second kappa shape index (κ2) is 6.06. The molecule has 2 aliphatic rings. The second-order valence-corrected chi connectivity index (χ2v) is 6.82. The van der Waals surface area contributed by atoms with Crippen LogP contribution in [0.3, 0.4) is 0 Å². The molecule has 1 aromatic rings. The molecule has 0 spiro atoms. The van der Waals surface area contributed by atoms with Crippen LogP contribution in [-0.4, -0.2) is 23.9 Å². The van der Waals surface area contributed by atoms with Crippen molar-refractivity contribution in [3.05, 3.63) is 29.8 Å². The number of benzene rings is 1. The lowest BCUT2D eigenvalue weighted by atomic mass is 9.88. The number of carbonyl (C=O) groups is 1. The molecule has 0 aliphatic heterocycles. The lowest BCUT2D eigenvalue weighted by molar-refractivity contribution is -0.119. The molecule has 0 aromatic heterocycles. The van der Waals surface area contributed by atoms with Gasteiger partial charge in [-0.2, -0.15) is 0 Å². The molecular formula is C17H25N3O. The highest BCUT2D eigenvalue weighted by Crippen LogP contribution is 2.48. The summed E-state index contributed by atoms with van der Waals surface area (Å²) in [6, 6.07) is 7.89. The molecule has 3 rings (SSSR count). The average molecular weight is 287 g/mol. The van der Waals surface area contributed by atoms with E-state index in [-0.39, 0.29) is 5.91 Å². The van der Waals surface area contributed by atoms with Crippen LogP contribution in [0, 0.1) is 17.8 Å². The summed E-state index contributed by atoms with van der Waals surface area (Å²) in [6.45, 7) is 2.07. The number of rotatable bonds is 6. The summed E-state index contributed by atoms with van der Waals surface area (Å²) < 4.78 is 0. The van der Waals surface area contributed by atoms with E-state index in [4.69, 9.17) is 11.5 Å². The van der Waals surface area contributed by atoms with E-state index >= 15 is 0 Å². The molecule has 4 nitrogen and oxygen atoms in total. The summed E-state index contributed by atoms with van der Waals surface area (Å²) in [6.07, 6.45) is 5.51. The number of anilines is 1. The molecule has 114 valence electrons. The SMILES string of the molecule is NC(=O)CN(Cc1cccc(N)c1)CC1CC2CCC1C2. The van der Waals surface area contributed by atoms with Gasteiger partial charge in [0.15, 0.2) is 0 Å². The number of carbonyl (C=O) groups excluding carboxylic acids is 1. The zero-order valence-corrected chi connectivity index (χ0v) is 12.5. The molecule has 2 fully saturated rings. The maximum absolute atomic E-state index is 11.4. The number of primary amides is 1. The second-order valence-electron chi connectivity index (χ2n) is 6.82. The van der Waals surface area contributed by atoms with Gasteiger partial charge in [-0.3, -0.25) is 9.69 Å². The third kappa shape index (κ3) is 3.56. The van der Waals surface area contributed by atoms with Crippen molar-refractivity contribution in [3.63, 3.8) is 0 Å². The minimum Gasteiger partial charge on any atom is -0.399 e. The molecule has 0 radical (unpaired) electrons. The van der Waals surface area contributed by atoms with Crippen molar-refractivity contribution in [2.24, 2.45) is 23.5 Å². The van der Waals surface area contributed by atoms with Crippen molar-refractivity contribution in [1.82, 2.24) is 4.90 Å². The van der Waals surface area contributed by atoms with Crippen LogP contribution in [-0.2, 0) is 11.3 Å². The zero-order valence-electron chi connectivity index (χ0n) is 12.5. The normalized spacial score (nSPS) is 27.4. The van der Waals surface area contributed by atoms with Gasteiger partial charge in [0.1, 0.15) is 0 Å². The number of hydrogen-bond donors (Lipinski definition) is 2. The first-order valence-corrected chi connectivity index (χ1v) is 7.95. The van der Waals surface area contributed by atoms with Gasteiger partial charge in [0, 0.05) is 18.8 Å². The smallest absolute Gasteiger partial charge is 0.231 e. The number of amides is 1. The first-order chi connectivity index (χ1) is 10.1. The Labute approximate surface area is 126 Å². The molecule has 1 amide bonds. The molecule has 2 aliphatic carbocycles. The largest absolute Gasteiger partial charge is 0.399 e. The van der Waals surface area contributed by atoms with Crippen LogP contribution < -0.4 is 11.5 Å². The Hall–Kier alpha value is -1.55. The average Bonchev–Trinajstić information content (AvgIpc) is 3.00. The van der Waals surface area contributed by atoms with Crippen LogP contribution in [0.1, 0.15) is 31.2 Å². The van der Waals surface area contributed by atoms with Gasteiger partial charge >= 0.3 is 0 Å². The van der Waals surface area contributed by atoms with Gasteiger partial charge in [-0.05, 0) is 54.7 Å². The van der Waals surface area contributed by atoms with E-state index in [2.05, 4.69) is 11.0 Å². The lowest BCUT2D eigenvalue weighted by Crippen LogP contribution is -2.37. The number of nitrogens with two attached hydrogens (primary N) is 2. The molecule has 1 aromatic carbocycles. The quantitative estimate of drug-likeness (QED) is 0.786. The number of fused-ring (bicyclic) bond motifs is 2. The highest BCUT2D eigenvalue weighted by atomic mass is 16.1. The van der Waals surface area contributed by atoms with Crippen molar-refractivity contribution in [2.75, 3.05) is 18.8 Å². The van der Waals surface area contributed by atoms with E-state index in [9.17, 15) is 4.79 Å². The molecule has 2 bridgehead atoms. The molecule has 4 heteroatoms. The van der Waals surface area contributed by atoms with Gasteiger partial charge in [0.25, 0.3) is 0 Å². The van der Waals surface area contributed by atoms with Crippen molar-refractivity contribution in [3.8, 4) is 0 Å².